The van der Waals surface area contributed by atoms with Crippen molar-refractivity contribution >= 4 is 5.78 Å². The lowest BCUT2D eigenvalue weighted by Gasteiger charge is -2.33. The Labute approximate surface area is 191 Å². The summed E-state index contributed by atoms with van der Waals surface area (Å²) >= 11 is 0. The van der Waals surface area contributed by atoms with E-state index in [1.54, 1.807) is 0 Å². The standard InChI is InChI=1S/C29H36F2O/c30-25-15-11-23(12-16-25)28(21-7-3-1-4-8-21)19-27(32)20-29(22-9-5-2-6-10-22)24-13-17-26(31)18-14-24/h11-18,21-22,28-29H,1-10,19-20H2. The van der Waals surface area contributed by atoms with Gasteiger partial charge in [0, 0.05) is 12.8 Å². The van der Waals surface area contributed by atoms with Gasteiger partial charge in [-0.05, 0) is 84.7 Å². The van der Waals surface area contributed by atoms with Crippen molar-refractivity contribution in [1.29, 1.82) is 0 Å². The van der Waals surface area contributed by atoms with Crippen LogP contribution in [0.15, 0.2) is 48.5 Å². The zero-order valence-corrected chi connectivity index (χ0v) is 19.1. The summed E-state index contributed by atoms with van der Waals surface area (Å²) in [5.41, 5.74) is 2.20. The van der Waals surface area contributed by atoms with Gasteiger partial charge in [-0.25, -0.2) is 8.78 Å². The molecule has 2 atom stereocenters. The molecule has 4 rings (SSSR count). The largest absolute Gasteiger partial charge is 0.300 e. The molecule has 2 aromatic carbocycles. The molecule has 0 aromatic heterocycles. The van der Waals surface area contributed by atoms with Crippen LogP contribution < -0.4 is 0 Å². The molecule has 1 nitrogen and oxygen atoms in total. The van der Waals surface area contributed by atoms with Crippen LogP contribution in [0.2, 0.25) is 0 Å². The zero-order chi connectivity index (χ0) is 22.3. The maximum atomic E-state index is 13.6. The summed E-state index contributed by atoms with van der Waals surface area (Å²) in [7, 11) is 0. The van der Waals surface area contributed by atoms with Gasteiger partial charge >= 0.3 is 0 Å². The second-order valence-electron chi connectivity index (χ2n) is 10.1. The van der Waals surface area contributed by atoms with Crippen molar-refractivity contribution in [2.45, 2.75) is 88.9 Å². The highest BCUT2D eigenvalue weighted by atomic mass is 19.1. The zero-order valence-electron chi connectivity index (χ0n) is 19.1. The van der Waals surface area contributed by atoms with E-state index in [0.717, 1.165) is 36.8 Å². The molecule has 0 heterocycles. The minimum absolute atomic E-state index is 0.170. The Morgan fingerprint density at radius 2 is 0.969 bits per heavy atom. The lowest BCUT2D eigenvalue weighted by molar-refractivity contribution is -0.120. The van der Waals surface area contributed by atoms with E-state index in [2.05, 4.69) is 0 Å². The number of halogens is 2. The van der Waals surface area contributed by atoms with Gasteiger partial charge in [0.25, 0.3) is 0 Å². The highest BCUT2D eigenvalue weighted by Gasteiger charge is 2.31. The number of carbonyl (C=O) groups excluding carboxylic acids is 1. The normalized spacial score (nSPS) is 20.1. The van der Waals surface area contributed by atoms with Crippen molar-refractivity contribution in [1.82, 2.24) is 0 Å². The van der Waals surface area contributed by atoms with Crippen molar-refractivity contribution in [2.75, 3.05) is 0 Å². The van der Waals surface area contributed by atoms with Crippen LogP contribution in [0.25, 0.3) is 0 Å². The van der Waals surface area contributed by atoms with Gasteiger partial charge in [0.1, 0.15) is 17.4 Å². The van der Waals surface area contributed by atoms with Gasteiger partial charge in [0.05, 0.1) is 0 Å². The van der Waals surface area contributed by atoms with Gasteiger partial charge in [0.15, 0.2) is 0 Å². The predicted molar refractivity (Wildman–Crippen MR) is 126 cm³/mol. The molecule has 0 saturated heterocycles. The molecule has 0 amide bonds. The van der Waals surface area contributed by atoms with E-state index in [4.69, 9.17) is 0 Å². The van der Waals surface area contributed by atoms with Crippen molar-refractivity contribution in [3.05, 3.63) is 71.3 Å². The molecule has 2 fully saturated rings. The van der Waals surface area contributed by atoms with E-state index in [-0.39, 0.29) is 23.5 Å². The molecular weight excluding hydrogens is 402 g/mol. The average molecular weight is 439 g/mol. The second-order valence-corrected chi connectivity index (χ2v) is 10.1. The number of hydrogen-bond donors (Lipinski definition) is 0. The van der Waals surface area contributed by atoms with Crippen molar-refractivity contribution in [3.8, 4) is 0 Å². The molecule has 0 bridgehead atoms. The van der Waals surface area contributed by atoms with Crippen LogP contribution in [0.1, 0.15) is 100 Å². The maximum Gasteiger partial charge on any atom is 0.134 e. The van der Waals surface area contributed by atoms with Crippen molar-refractivity contribution < 1.29 is 13.6 Å². The molecule has 0 spiro atoms. The highest BCUT2D eigenvalue weighted by molar-refractivity contribution is 5.80. The summed E-state index contributed by atoms with van der Waals surface area (Å²) in [5.74, 6) is 1.18. The Hall–Kier alpha value is -2.03. The quantitative estimate of drug-likeness (QED) is 0.405. The number of hydrogen-bond acceptors (Lipinski definition) is 1. The smallest absolute Gasteiger partial charge is 0.134 e. The van der Waals surface area contributed by atoms with E-state index in [9.17, 15) is 13.6 Å². The SMILES string of the molecule is O=C(CC(c1ccc(F)cc1)C1CCCCC1)CC(c1ccc(F)cc1)C1CCCCC1. The van der Waals surface area contributed by atoms with Gasteiger partial charge in [-0.2, -0.15) is 0 Å². The number of Topliss-reactive ketones (excluding diaryl/α,β-unsaturated/α-hetero) is 1. The third-order valence-electron chi connectivity index (χ3n) is 7.93. The van der Waals surface area contributed by atoms with Crippen LogP contribution in [0.3, 0.4) is 0 Å². The highest BCUT2D eigenvalue weighted by Crippen LogP contribution is 2.42. The van der Waals surface area contributed by atoms with Gasteiger partial charge in [-0.1, -0.05) is 62.8 Å². The van der Waals surface area contributed by atoms with Gasteiger partial charge in [-0.15, -0.1) is 0 Å². The fourth-order valence-electron chi connectivity index (χ4n) is 6.18. The molecule has 2 aliphatic rings. The van der Waals surface area contributed by atoms with Crippen molar-refractivity contribution in [2.24, 2.45) is 11.8 Å². The first-order valence-electron chi connectivity index (χ1n) is 12.6. The number of rotatable bonds is 8. The van der Waals surface area contributed by atoms with Gasteiger partial charge in [-0.3, -0.25) is 4.79 Å². The first-order valence-corrected chi connectivity index (χ1v) is 12.6. The van der Waals surface area contributed by atoms with Crippen LogP contribution in [0.5, 0.6) is 0 Å². The van der Waals surface area contributed by atoms with Gasteiger partial charge < -0.3 is 0 Å². The van der Waals surface area contributed by atoms with Crippen LogP contribution in [-0.4, -0.2) is 5.78 Å². The summed E-state index contributed by atoms with van der Waals surface area (Å²) in [6, 6.07) is 13.6. The van der Waals surface area contributed by atoms with Crippen LogP contribution in [0.4, 0.5) is 8.78 Å². The summed E-state index contributed by atoms with van der Waals surface area (Å²) in [4.78, 5) is 13.5. The maximum absolute atomic E-state index is 13.6. The molecule has 0 N–H and O–H groups in total. The monoisotopic (exact) mass is 438 g/mol. The number of carbonyl (C=O) groups is 1. The Balaban J connectivity index is 1.52. The molecule has 2 unspecified atom stereocenters. The second kappa shape index (κ2) is 11.2. The minimum Gasteiger partial charge on any atom is -0.300 e. The van der Waals surface area contributed by atoms with Crippen LogP contribution in [0, 0.1) is 23.5 Å². The molecule has 32 heavy (non-hydrogen) atoms. The first kappa shape index (κ1) is 23.1. The molecule has 3 heteroatoms. The van der Waals surface area contributed by atoms with E-state index in [0.29, 0.717) is 30.5 Å². The summed E-state index contributed by atoms with van der Waals surface area (Å²) in [6.07, 6.45) is 13.1. The van der Waals surface area contributed by atoms with E-state index >= 15 is 0 Å². The van der Waals surface area contributed by atoms with E-state index < -0.39 is 0 Å². The average Bonchev–Trinajstić information content (AvgIpc) is 2.83. The Bertz CT molecular complexity index is 774. The number of ketones is 1. The predicted octanol–water partition coefficient (Wildman–Crippen LogP) is 8.34. The molecule has 2 aliphatic carbocycles. The van der Waals surface area contributed by atoms with Gasteiger partial charge in [0.2, 0.25) is 0 Å². The fraction of sp³-hybridized carbons (Fsp3) is 0.552. The van der Waals surface area contributed by atoms with Crippen LogP contribution >= 0.6 is 0 Å². The summed E-state index contributed by atoms with van der Waals surface area (Å²) in [6.45, 7) is 0. The van der Waals surface area contributed by atoms with Crippen molar-refractivity contribution in [3.63, 3.8) is 0 Å². The number of benzene rings is 2. The van der Waals surface area contributed by atoms with E-state index in [1.807, 2.05) is 24.3 Å². The molecule has 2 saturated carbocycles. The lowest BCUT2D eigenvalue weighted by atomic mass is 9.71. The summed E-state index contributed by atoms with van der Waals surface area (Å²) < 4.78 is 27.1. The molecule has 0 aliphatic heterocycles. The molecular formula is C29H36F2O. The minimum atomic E-state index is -0.226. The summed E-state index contributed by atoms with van der Waals surface area (Å²) in [5, 5.41) is 0. The molecule has 0 radical (unpaired) electrons. The Morgan fingerprint density at radius 3 is 1.31 bits per heavy atom. The van der Waals surface area contributed by atoms with E-state index in [1.165, 1.54) is 62.8 Å². The first-order chi connectivity index (χ1) is 15.6. The molecule has 2 aromatic rings. The molecule has 172 valence electrons. The third kappa shape index (κ3) is 6.05. The third-order valence-corrected chi connectivity index (χ3v) is 7.93. The Morgan fingerprint density at radius 1 is 0.625 bits per heavy atom. The van der Waals surface area contributed by atoms with Crippen LogP contribution in [-0.2, 0) is 4.79 Å². The Kier molecular flexibility index (Phi) is 8.10. The lowest BCUT2D eigenvalue weighted by Crippen LogP contribution is -2.23. The fourth-order valence-corrected chi connectivity index (χ4v) is 6.18. The topological polar surface area (TPSA) is 17.1 Å².